The van der Waals surface area contributed by atoms with Gasteiger partial charge >= 0.3 is 0 Å². The van der Waals surface area contributed by atoms with Crippen LogP contribution in [-0.2, 0) is 14.3 Å². The van der Waals surface area contributed by atoms with Crippen LogP contribution in [0.15, 0.2) is 30.3 Å². The molecular formula is C16H25ClN2O3. The third-order valence-corrected chi connectivity index (χ3v) is 3.79. The Bertz CT molecular complexity index is 438. The molecule has 22 heavy (non-hydrogen) atoms. The molecule has 1 saturated heterocycles. The molecule has 0 aliphatic carbocycles. The molecule has 0 spiro atoms. The Balaban J connectivity index is 0.00000242. The van der Waals surface area contributed by atoms with Gasteiger partial charge in [0.25, 0.3) is 0 Å². The predicted octanol–water partition coefficient (Wildman–Crippen LogP) is 1.67. The van der Waals surface area contributed by atoms with E-state index in [0.29, 0.717) is 5.92 Å². The topological polar surface area (TPSA) is 73.6 Å². The SMILES string of the molecule is COCC(N)C(=O)NC(CC1CCOC1)c1ccccc1.Cl. The van der Waals surface area contributed by atoms with Gasteiger partial charge in [0.2, 0.25) is 5.91 Å². The Labute approximate surface area is 138 Å². The summed E-state index contributed by atoms with van der Waals surface area (Å²) < 4.78 is 10.4. The van der Waals surface area contributed by atoms with E-state index in [1.54, 1.807) is 0 Å². The Morgan fingerprint density at radius 1 is 1.45 bits per heavy atom. The molecule has 124 valence electrons. The molecule has 3 N–H and O–H groups in total. The molecule has 3 unspecified atom stereocenters. The minimum Gasteiger partial charge on any atom is -0.383 e. The molecule has 0 radical (unpaired) electrons. The van der Waals surface area contributed by atoms with E-state index < -0.39 is 6.04 Å². The monoisotopic (exact) mass is 328 g/mol. The van der Waals surface area contributed by atoms with Crippen molar-refractivity contribution in [1.29, 1.82) is 0 Å². The number of hydrogen-bond acceptors (Lipinski definition) is 4. The first-order valence-electron chi connectivity index (χ1n) is 7.38. The number of amides is 1. The average molecular weight is 329 g/mol. The molecule has 0 bridgehead atoms. The van der Waals surface area contributed by atoms with E-state index in [0.717, 1.165) is 31.6 Å². The standard InChI is InChI=1S/C16H24N2O3.ClH/c1-20-11-14(17)16(19)18-15(9-12-7-8-21-10-12)13-5-3-2-4-6-13;/h2-6,12,14-15H,7-11,17H2,1H3,(H,18,19);1H. The molecule has 5 nitrogen and oxygen atoms in total. The molecule has 1 aromatic rings. The summed E-state index contributed by atoms with van der Waals surface area (Å²) in [6.45, 7) is 1.80. The molecule has 1 aliphatic rings. The Morgan fingerprint density at radius 2 is 2.18 bits per heavy atom. The first-order valence-corrected chi connectivity index (χ1v) is 7.38. The fraction of sp³-hybridized carbons (Fsp3) is 0.562. The van der Waals surface area contributed by atoms with Crippen molar-refractivity contribution in [2.24, 2.45) is 11.7 Å². The number of hydrogen-bond donors (Lipinski definition) is 2. The van der Waals surface area contributed by atoms with E-state index in [9.17, 15) is 4.79 Å². The van der Waals surface area contributed by atoms with Crippen LogP contribution in [-0.4, -0.2) is 38.9 Å². The van der Waals surface area contributed by atoms with Gasteiger partial charge in [-0.3, -0.25) is 4.79 Å². The minimum absolute atomic E-state index is 0. The Kier molecular flexibility index (Phi) is 8.42. The van der Waals surface area contributed by atoms with Gasteiger partial charge in [0.15, 0.2) is 0 Å². The second kappa shape index (κ2) is 9.79. The van der Waals surface area contributed by atoms with Gasteiger partial charge in [0, 0.05) is 20.3 Å². The van der Waals surface area contributed by atoms with Crippen molar-refractivity contribution < 1.29 is 14.3 Å². The van der Waals surface area contributed by atoms with Crippen molar-refractivity contribution in [2.45, 2.75) is 24.9 Å². The number of halogens is 1. The van der Waals surface area contributed by atoms with Crippen molar-refractivity contribution in [2.75, 3.05) is 26.9 Å². The van der Waals surface area contributed by atoms with Crippen LogP contribution in [0.1, 0.15) is 24.4 Å². The zero-order valence-corrected chi connectivity index (χ0v) is 13.7. The lowest BCUT2D eigenvalue weighted by Gasteiger charge is -2.23. The number of carbonyl (C=O) groups excluding carboxylic acids is 1. The lowest BCUT2D eigenvalue weighted by atomic mass is 9.94. The first kappa shape index (κ1) is 18.9. The number of ether oxygens (including phenoxy) is 2. The highest BCUT2D eigenvalue weighted by molar-refractivity contribution is 5.85. The van der Waals surface area contributed by atoms with Crippen molar-refractivity contribution in [3.63, 3.8) is 0 Å². The van der Waals surface area contributed by atoms with Gasteiger partial charge in [-0.05, 0) is 24.3 Å². The van der Waals surface area contributed by atoms with Crippen LogP contribution < -0.4 is 11.1 Å². The van der Waals surface area contributed by atoms with Crippen LogP contribution in [0.4, 0.5) is 0 Å². The lowest BCUT2D eigenvalue weighted by Crippen LogP contribution is -2.45. The number of methoxy groups -OCH3 is 1. The molecule has 0 saturated carbocycles. The van der Waals surface area contributed by atoms with Crippen molar-refractivity contribution in [3.05, 3.63) is 35.9 Å². The highest BCUT2D eigenvalue weighted by Crippen LogP contribution is 2.26. The maximum atomic E-state index is 12.1. The van der Waals surface area contributed by atoms with Gasteiger partial charge in [0.1, 0.15) is 6.04 Å². The summed E-state index contributed by atoms with van der Waals surface area (Å²) in [6.07, 6.45) is 1.92. The Hall–Kier alpha value is -1.14. The molecule has 1 aromatic carbocycles. The van der Waals surface area contributed by atoms with E-state index in [2.05, 4.69) is 5.32 Å². The van der Waals surface area contributed by atoms with E-state index in [4.69, 9.17) is 15.2 Å². The molecule has 0 aromatic heterocycles. The van der Waals surface area contributed by atoms with Gasteiger partial charge in [0.05, 0.1) is 12.6 Å². The number of nitrogens with two attached hydrogens (primary N) is 1. The second-order valence-electron chi connectivity index (χ2n) is 5.50. The molecule has 3 atom stereocenters. The molecule has 1 amide bonds. The summed E-state index contributed by atoms with van der Waals surface area (Å²) in [7, 11) is 1.54. The maximum absolute atomic E-state index is 12.1. The number of carbonyl (C=O) groups is 1. The minimum atomic E-state index is -0.638. The van der Waals surface area contributed by atoms with Crippen LogP contribution >= 0.6 is 12.4 Å². The maximum Gasteiger partial charge on any atom is 0.239 e. The quantitative estimate of drug-likeness (QED) is 0.798. The lowest BCUT2D eigenvalue weighted by molar-refractivity contribution is -0.124. The third kappa shape index (κ3) is 5.57. The van der Waals surface area contributed by atoms with E-state index in [1.165, 1.54) is 7.11 Å². The van der Waals surface area contributed by atoms with Crippen LogP contribution in [0.3, 0.4) is 0 Å². The molecule has 2 rings (SSSR count). The van der Waals surface area contributed by atoms with Crippen LogP contribution in [0.25, 0.3) is 0 Å². The molecule has 6 heteroatoms. The summed E-state index contributed by atoms with van der Waals surface area (Å²) >= 11 is 0. The van der Waals surface area contributed by atoms with Gasteiger partial charge in [-0.1, -0.05) is 30.3 Å². The van der Waals surface area contributed by atoms with Crippen LogP contribution in [0.5, 0.6) is 0 Å². The third-order valence-electron chi connectivity index (χ3n) is 3.79. The van der Waals surface area contributed by atoms with Gasteiger partial charge in [-0.25, -0.2) is 0 Å². The van der Waals surface area contributed by atoms with Crippen LogP contribution in [0, 0.1) is 5.92 Å². The van der Waals surface area contributed by atoms with E-state index in [-0.39, 0.29) is 31.0 Å². The largest absolute Gasteiger partial charge is 0.383 e. The number of rotatable bonds is 7. The summed E-state index contributed by atoms with van der Waals surface area (Å²) in [5.41, 5.74) is 6.90. The number of benzene rings is 1. The normalized spacial score (nSPS) is 20.0. The molecule has 1 aliphatic heterocycles. The summed E-state index contributed by atoms with van der Waals surface area (Å²) in [6, 6.07) is 9.32. The molecule has 1 heterocycles. The summed E-state index contributed by atoms with van der Waals surface area (Å²) in [5.74, 6) is 0.304. The summed E-state index contributed by atoms with van der Waals surface area (Å²) in [4.78, 5) is 12.1. The first-order chi connectivity index (χ1) is 10.2. The van der Waals surface area contributed by atoms with Crippen molar-refractivity contribution in [1.82, 2.24) is 5.32 Å². The second-order valence-corrected chi connectivity index (χ2v) is 5.50. The Morgan fingerprint density at radius 3 is 2.77 bits per heavy atom. The van der Waals surface area contributed by atoms with Crippen molar-refractivity contribution >= 4 is 18.3 Å². The molecular weight excluding hydrogens is 304 g/mol. The smallest absolute Gasteiger partial charge is 0.239 e. The summed E-state index contributed by atoms with van der Waals surface area (Å²) in [5, 5.41) is 3.05. The highest BCUT2D eigenvalue weighted by Gasteiger charge is 2.24. The zero-order chi connectivity index (χ0) is 15.1. The predicted molar refractivity (Wildman–Crippen MR) is 88.0 cm³/mol. The molecule has 1 fully saturated rings. The van der Waals surface area contributed by atoms with Gasteiger partial charge < -0.3 is 20.5 Å². The van der Waals surface area contributed by atoms with Crippen molar-refractivity contribution in [3.8, 4) is 0 Å². The van der Waals surface area contributed by atoms with Gasteiger partial charge in [-0.2, -0.15) is 0 Å². The van der Waals surface area contributed by atoms with Gasteiger partial charge in [-0.15, -0.1) is 12.4 Å². The van der Waals surface area contributed by atoms with E-state index in [1.807, 2.05) is 30.3 Å². The fourth-order valence-corrected chi connectivity index (χ4v) is 2.60. The highest BCUT2D eigenvalue weighted by atomic mass is 35.5. The van der Waals surface area contributed by atoms with Crippen LogP contribution in [0.2, 0.25) is 0 Å². The number of nitrogens with one attached hydrogen (secondary N) is 1. The van der Waals surface area contributed by atoms with E-state index >= 15 is 0 Å². The zero-order valence-electron chi connectivity index (χ0n) is 12.9. The average Bonchev–Trinajstić information content (AvgIpc) is 3.00. The fourth-order valence-electron chi connectivity index (χ4n) is 2.60.